The first-order chi connectivity index (χ1) is 9.42. The number of hydrogen-bond acceptors (Lipinski definition) is 4. The Morgan fingerprint density at radius 1 is 1.35 bits per heavy atom. The predicted molar refractivity (Wildman–Crippen MR) is 68.3 cm³/mol. The van der Waals surface area contributed by atoms with Crippen LogP contribution >= 0.6 is 0 Å². The minimum Gasteiger partial charge on any atom is -0.452 e. The van der Waals surface area contributed by atoms with E-state index >= 15 is 0 Å². The lowest BCUT2D eigenvalue weighted by Crippen LogP contribution is -2.43. The normalized spacial score (nSPS) is 11.3. The molecule has 108 valence electrons. The van der Waals surface area contributed by atoms with Gasteiger partial charge in [0.05, 0.1) is 6.42 Å². The lowest BCUT2D eigenvalue weighted by Gasteiger charge is -2.12. The zero-order valence-corrected chi connectivity index (χ0v) is 11.1. The van der Waals surface area contributed by atoms with E-state index in [1.54, 1.807) is 6.07 Å². The summed E-state index contributed by atoms with van der Waals surface area (Å²) in [5.74, 6) is -1.88. The molecule has 0 aliphatic rings. The highest BCUT2D eigenvalue weighted by molar-refractivity contribution is 5.97. The number of carbonyl (C=O) groups is 3. The van der Waals surface area contributed by atoms with Gasteiger partial charge in [0.1, 0.15) is 5.82 Å². The van der Waals surface area contributed by atoms with E-state index in [2.05, 4.69) is 5.32 Å². The minimum atomic E-state index is -1.12. The lowest BCUT2D eigenvalue weighted by atomic mass is 10.1. The van der Waals surface area contributed by atoms with E-state index in [4.69, 9.17) is 4.74 Å². The van der Waals surface area contributed by atoms with Gasteiger partial charge in [-0.15, -0.1) is 0 Å². The molecule has 20 heavy (non-hydrogen) atoms. The lowest BCUT2D eigenvalue weighted by molar-refractivity contribution is -0.153. The number of benzene rings is 1. The number of halogens is 1. The highest BCUT2D eigenvalue weighted by Gasteiger charge is 2.19. The maximum Gasteiger partial charge on any atom is 0.321 e. The third-order valence-corrected chi connectivity index (χ3v) is 2.38. The van der Waals surface area contributed by atoms with Gasteiger partial charge in [-0.1, -0.05) is 12.1 Å². The molecule has 0 heterocycles. The monoisotopic (exact) mass is 282 g/mol. The Kier molecular flexibility index (Phi) is 5.64. The summed E-state index contributed by atoms with van der Waals surface area (Å²) < 4.78 is 17.8. The number of imide groups is 1. The molecule has 0 saturated carbocycles. The van der Waals surface area contributed by atoms with Crippen LogP contribution in [0, 0.1) is 5.82 Å². The minimum absolute atomic E-state index is 0.157. The van der Waals surface area contributed by atoms with E-state index in [0.29, 0.717) is 5.56 Å². The molecule has 1 aromatic rings. The van der Waals surface area contributed by atoms with Gasteiger partial charge in [-0.05, 0) is 24.6 Å². The molecular weight excluding hydrogens is 267 g/mol. The number of rotatable bonds is 4. The summed E-state index contributed by atoms with van der Waals surface area (Å²) in [4.78, 5) is 33.9. The first kappa shape index (κ1) is 15.6. The summed E-state index contributed by atoms with van der Waals surface area (Å²) in [6, 6.07) is 4.81. The number of esters is 1. The topological polar surface area (TPSA) is 84.5 Å². The molecule has 3 amide bonds. The Balaban J connectivity index is 2.49. The van der Waals surface area contributed by atoms with Crippen LogP contribution in [0.2, 0.25) is 0 Å². The van der Waals surface area contributed by atoms with Crippen LogP contribution in [0.5, 0.6) is 0 Å². The molecule has 2 N–H and O–H groups in total. The van der Waals surface area contributed by atoms with Crippen LogP contribution in [-0.4, -0.2) is 31.1 Å². The number of amides is 3. The Hall–Kier alpha value is -2.44. The Morgan fingerprint density at radius 3 is 2.65 bits per heavy atom. The molecule has 0 spiro atoms. The molecule has 1 atom stereocenters. The van der Waals surface area contributed by atoms with Gasteiger partial charge in [0.15, 0.2) is 6.10 Å². The third-order valence-electron chi connectivity index (χ3n) is 2.38. The quantitative estimate of drug-likeness (QED) is 0.798. The Labute approximate surface area is 115 Å². The molecule has 0 aromatic heterocycles. The van der Waals surface area contributed by atoms with Crippen LogP contribution < -0.4 is 10.6 Å². The van der Waals surface area contributed by atoms with E-state index in [0.717, 1.165) is 0 Å². The number of urea groups is 1. The van der Waals surface area contributed by atoms with Crippen molar-refractivity contribution in [1.82, 2.24) is 10.6 Å². The SMILES string of the molecule is CNC(=O)NC(=O)[C@H](C)OC(=O)Cc1cccc(F)c1. The van der Waals surface area contributed by atoms with E-state index in [1.165, 1.54) is 32.2 Å². The number of ether oxygens (including phenoxy) is 1. The summed E-state index contributed by atoms with van der Waals surface area (Å²) in [6.07, 6.45) is -1.27. The third kappa shape index (κ3) is 5.05. The summed E-state index contributed by atoms with van der Waals surface area (Å²) in [7, 11) is 1.35. The summed E-state index contributed by atoms with van der Waals surface area (Å²) in [5.41, 5.74) is 0.439. The molecule has 0 saturated heterocycles. The molecule has 0 aliphatic carbocycles. The maximum absolute atomic E-state index is 12.9. The van der Waals surface area contributed by atoms with Gasteiger partial charge in [0, 0.05) is 7.05 Å². The molecule has 0 bridgehead atoms. The fourth-order valence-corrected chi connectivity index (χ4v) is 1.38. The standard InChI is InChI=1S/C13H15FN2O4/c1-8(12(18)16-13(19)15-2)20-11(17)7-9-4-3-5-10(14)6-9/h3-6,8H,7H2,1-2H3,(H2,15,16,18,19)/t8-/m0/s1. The van der Waals surface area contributed by atoms with Crippen molar-refractivity contribution in [3.05, 3.63) is 35.6 Å². The fourth-order valence-electron chi connectivity index (χ4n) is 1.38. The van der Waals surface area contributed by atoms with Crippen LogP contribution in [0.15, 0.2) is 24.3 Å². The van der Waals surface area contributed by atoms with Crippen molar-refractivity contribution >= 4 is 17.9 Å². The Bertz CT molecular complexity index is 519. The van der Waals surface area contributed by atoms with E-state index in [-0.39, 0.29) is 6.42 Å². The van der Waals surface area contributed by atoms with Crippen LogP contribution in [0.3, 0.4) is 0 Å². The molecule has 6 nitrogen and oxygen atoms in total. The highest BCUT2D eigenvalue weighted by atomic mass is 19.1. The second-order valence-electron chi connectivity index (χ2n) is 4.01. The van der Waals surface area contributed by atoms with Crippen molar-refractivity contribution < 1.29 is 23.5 Å². The van der Waals surface area contributed by atoms with Crippen molar-refractivity contribution in [2.75, 3.05) is 7.05 Å². The van der Waals surface area contributed by atoms with Gasteiger partial charge in [0.25, 0.3) is 5.91 Å². The molecule has 0 unspecified atom stereocenters. The van der Waals surface area contributed by atoms with Crippen molar-refractivity contribution in [2.24, 2.45) is 0 Å². The summed E-state index contributed by atoms with van der Waals surface area (Å²) in [5, 5.41) is 4.18. The van der Waals surface area contributed by atoms with Crippen LogP contribution in [0.25, 0.3) is 0 Å². The molecule has 0 aliphatic heterocycles. The zero-order valence-electron chi connectivity index (χ0n) is 11.1. The second-order valence-corrected chi connectivity index (χ2v) is 4.01. The number of nitrogens with one attached hydrogen (secondary N) is 2. The molecule has 7 heteroatoms. The van der Waals surface area contributed by atoms with E-state index in [1.807, 2.05) is 5.32 Å². The highest BCUT2D eigenvalue weighted by Crippen LogP contribution is 2.06. The van der Waals surface area contributed by atoms with Crippen molar-refractivity contribution in [2.45, 2.75) is 19.4 Å². The molecule has 1 aromatic carbocycles. The molecule has 0 fully saturated rings. The number of hydrogen-bond donors (Lipinski definition) is 2. The van der Waals surface area contributed by atoms with Crippen molar-refractivity contribution in [3.63, 3.8) is 0 Å². The van der Waals surface area contributed by atoms with Gasteiger partial charge in [-0.3, -0.25) is 14.9 Å². The van der Waals surface area contributed by atoms with Gasteiger partial charge in [-0.25, -0.2) is 9.18 Å². The average Bonchev–Trinajstić information content (AvgIpc) is 2.38. The van der Waals surface area contributed by atoms with Crippen molar-refractivity contribution in [1.29, 1.82) is 0 Å². The smallest absolute Gasteiger partial charge is 0.321 e. The van der Waals surface area contributed by atoms with Crippen LogP contribution in [0.4, 0.5) is 9.18 Å². The van der Waals surface area contributed by atoms with Gasteiger partial charge >= 0.3 is 12.0 Å². The first-order valence-corrected chi connectivity index (χ1v) is 5.89. The second kappa shape index (κ2) is 7.22. The zero-order chi connectivity index (χ0) is 15.1. The van der Waals surface area contributed by atoms with Gasteiger partial charge in [-0.2, -0.15) is 0 Å². The number of carbonyl (C=O) groups excluding carboxylic acids is 3. The molecule has 0 radical (unpaired) electrons. The fraction of sp³-hybridized carbons (Fsp3) is 0.308. The first-order valence-electron chi connectivity index (χ1n) is 5.89. The van der Waals surface area contributed by atoms with E-state index < -0.39 is 29.8 Å². The van der Waals surface area contributed by atoms with E-state index in [9.17, 15) is 18.8 Å². The maximum atomic E-state index is 12.9. The largest absolute Gasteiger partial charge is 0.452 e. The summed E-state index contributed by atoms with van der Waals surface area (Å²) >= 11 is 0. The molecular formula is C13H15FN2O4. The Morgan fingerprint density at radius 2 is 2.05 bits per heavy atom. The van der Waals surface area contributed by atoms with Crippen molar-refractivity contribution in [3.8, 4) is 0 Å². The van der Waals surface area contributed by atoms with Crippen LogP contribution in [0.1, 0.15) is 12.5 Å². The van der Waals surface area contributed by atoms with Crippen LogP contribution in [-0.2, 0) is 20.7 Å². The van der Waals surface area contributed by atoms with Gasteiger partial charge in [0.2, 0.25) is 0 Å². The van der Waals surface area contributed by atoms with Gasteiger partial charge < -0.3 is 10.1 Å². The summed E-state index contributed by atoms with van der Waals surface area (Å²) in [6.45, 7) is 1.34. The predicted octanol–water partition coefficient (Wildman–Crippen LogP) is 0.755. The molecule has 1 rings (SSSR count). The average molecular weight is 282 g/mol.